The first-order chi connectivity index (χ1) is 14.4. The summed E-state index contributed by atoms with van der Waals surface area (Å²) in [6.45, 7) is 0.988. The van der Waals surface area contributed by atoms with E-state index in [4.69, 9.17) is 4.74 Å². The normalized spacial score (nSPS) is 17.2. The van der Waals surface area contributed by atoms with Crippen LogP contribution in [0, 0.1) is 0 Å². The number of alkyl halides is 3. The minimum Gasteiger partial charge on any atom is -0.489 e. The fourth-order valence-corrected chi connectivity index (χ4v) is 3.37. The number of rotatable bonds is 7. The maximum Gasteiger partial charge on any atom is 0.401 e. The zero-order valence-corrected chi connectivity index (χ0v) is 19.7. The van der Waals surface area contributed by atoms with Gasteiger partial charge in [0.2, 0.25) is 0 Å². The van der Waals surface area contributed by atoms with Crippen molar-refractivity contribution in [3.05, 3.63) is 65.7 Å². The Morgan fingerprint density at radius 1 is 1.10 bits per heavy atom. The molecule has 2 aromatic rings. The molecule has 1 unspecified atom stereocenters. The van der Waals surface area contributed by atoms with Crippen LogP contribution in [0.3, 0.4) is 0 Å². The van der Waals surface area contributed by atoms with E-state index in [9.17, 15) is 13.2 Å². The third-order valence-corrected chi connectivity index (χ3v) is 4.87. The summed E-state index contributed by atoms with van der Waals surface area (Å²) >= 11 is 0. The summed E-state index contributed by atoms with van der Waals surface area (Å²) < 4.78 is 43.4. The number of aliphatic imine (C=N–C) groups is 1. The number of hydrogen-bond acceptors (Lipinski definition) is 3. The van der Waals surface area contributed by atoms with Crippen molar-refractivity contribution in [2.24, 2.45) is 4.99 Å². The molecule has 1 atom stereocenters. The van der Waals surface area contributed by atoms with Crippen LogP contribution in [0.5, 0.6) is 5.75 Å². The van der Waals surface area contributed by atoms with Crippen LogP contribution < -0.4 is 15.4 Å². The lowest BCUT2D eigenvalue weighted by Crippen LogP contribution is -2.44. The molecule has 2 aromatic carbocycles. The molecule has 1 aliphatic rings. The molecule has 0 amide bonds. The molecule has 31 heavy (non-hydrogen) atoms. The summed E-state index contributed by atoms with van der Waals surface area (Å²) in [6.07, 6.45) is -3.50. The van der Waals surface area contributed by atoms with Crippen LogP contribution in [0.2, 0.25) is 0 Å². The van der Waals surface area contributed by atoms with Gasteiger partial charge in [-0.1, -0.05) is 42.5 Å². The Morgan fingerprint density at radius 3 is 2.45 bits per heavy atom. The largest absolute Gasteiger partial charge is 0.489 e. The zero-order valence-electron chi connectivity index (χ0n) is 17.4. The fraction of sp³-hybridized carbons (Fsp3) is 0.409. The van der Waals surface area contributed by atoms with Gasteiger partial charge in [0, 0.05) is 32.7 Å². The Labute approximate surface area is 198 Å². The molecule has 0 saturated carbocycles. The van der Waals surface area contributed by atoms with Gasteiger partial charge in [-0.05, 0) is 29.7 Å². The van der Waals surface area contributed by atoms with E-state index in [0.717, 1.165) is 16.9 Å². The van der Waals surface area contributed by atoms with Gasteiger partial charge >= 0.3 is 6.18 Å². The molecule has 5 nitrogen and oxygen atoms in total. The van der Waals surface area contributed by atoms with Crippen molar-refractivity contribution >= 4 is 29.9 Å². The van der Waals surface area contributed by atoms with Crippen LogP contribution in [-0.4, -0.2) is 49.8 Å². The van der Waals surface area contributed by atoms with Gasteiger partial charge in [0.25, 0.3) is 0 Å². The lowest BCUT2D eigenvalue weighted by molar-refractivity contribution is -0.143. The molecular weight excluding hydrogens is 520 g/mol. The van der Waals surface area contributed by atoms with Crippen molar-refractivity contribution in [2.45, 2.75) is 31.8 Å². The van der Waals surface area contributed by atoms with E-state index in [2.05, 4.69) is 15.6 Å². The van der Waals surface area contributed by atoms with Crippen molar-refractivity contribution < 1.29 is 17.9 Å². The maximum atomic E-state index is 12.5. The molecule has 0 aliphatic carbocycles. The van der Waals surface area contributed by atoms with Crippen LogP contribution in [0.15, 0.2) is 59.6 Å². The molecule has 0 radical (unpaired) electrons. The summed E-state index contributed by atoms with van der Waals surface area (Å²) in [4.78, 5) is 5.59. The zero-order chi connectivity index (χ0) is 21.4. The van der Waals surface area contributed by atoms with Crippen molar-refractivity contribution in [2.75, 3.05) is 26.7 Å². The van der Waals surface area contributed by atoms with Gasteiger partial charge in [-0.2, -0.15) is 13.2 Å². The first-order valence-corrected chi connectivity index (χ1v) is 9.93. The van der Waals surface area contributed by atoms with E-state index in [1.165, 1.54) is 4.90 Å². The molecule has 1 heterocycles. The van der Waals surface area contributed by atoms with Gasteiger partial charge in [0.15, 0.2) is 5.96 Å². The molecular formula is C22H28F3IN4O. The molecule has 9 heteroatoms. The Bertz CT molecular complexity index is 816. The number of halogens is 4. The Balaban J connectivity index is 0.00000341. The Morgan fingerprint density at radius 2 is 1.81 bits per heavy atom. The van der Waals surface area contributed by atoms with Crippen LogP contribution >= 0.6 is 24.0 Å². The van der Waals surface area contributed by atoms with E-state index < -0.39 is 12.7 Å². The second-order valence-corrected chi connectivity index (χ2v) is 7.32. The average Bonchev–Trinajstić information content (AvgIpc) is 3.16. The number of nitrogens with zero attached hydrogens (tertiary/aromatic N) is 2. The van der Waals surface area contributed by atoms with Crippen molar-refractivity contribution in [1.82, 2.24) is 15.5 Å². The van der Waals surface area contributed by atoms with Crippen molar-refractivity contribution in [3.63, 3.8) is 0 Å². The second kappa shape index (κ2) is 12.1. The van der Waals surface area contributed by atoms with Crippen LogP contribution in [-0.2, 0) is 13.2 Å². The number of ether oxygens (including phenoxy) is 1. The van der Waals surface area contributed by atoms with Gasteiger partial charge in [0.1, 0.15) is 12.4 Å². The molecule has 0 bridgehead atoms. The van der Waals surface area contributed by atoms with Crippen LogP contribution in [0.25, 0.3) is 0 Å². The van der Waals surface area contributed by atoms with Gasteiger partial charge in [-0.15, -0.1) is 24.0 Å². The summed E-state index contributed by atoms with van der Waals surface area (Å²) in [6, 6.07) is 17.7. The highest BCUT2D eigenvalue weighted by Crippen LogP contribution is 2.20. The number of guanidine groups is 1. The molecule has 1 fully saturated rings. The number of likely N-dealkylation sites (tertiary alicyclic amines) is 1. The molecule has 3 rings (SSSR count). The fourth-order valence-electron chi connectivity index (χ4n) is 3.37. The number of hydrogen-bond donors (Lipinski definition) is 2. The Kier molecular flexibility index (Phi) is 9.89. The lowest BCUT2D eigenvalue weighted by atomic mass is 10.2. The van der Waals surface area contributed by atoms with Gasteiger partial charge in [-0.25, -0.2) is 0 Å². The number of benzene rings is 2. The molecule has 1 aliphatic heterocycles. The van der Waals surface area contributed by atoms with E-state index in [-0.39, 0.29) is 30.0 Å². The summed E-state index contributed by atoms with van der Waals surface area (Å²) in [5, 5.41) is 6.42. The van der Waals surface area contributed by atoms with Crippen molar-refractivity contribution in [1.29, 1.82) is 0 Å². The quantitative estimate of drug-likeness (QED) is 0.310. The highest BCUT2D eigenvalue weighted by Gasteiger charge is 2.34. The predicted octanol–water partition coefficient (Wildman–Crippen LogP) is 4.19. The van der Waals surface area contributed by atoms with Gasteiger partial charge in [0.05, 0.1) is 6.54 Å². The molecule has 0 spiro atoms. The summed E-state index contributed by atoms with van der Waals surface area (Å²) in [5.41, 5.74) is 2.16. The van der Waals surface area contributed by atoms with Gasteiger partial charge in [-0.3, -0.25) is 9.89 Å². The molecule has 170 valence electrons. The third-order valence-electron chi connectivity index (χ3n) is 4.87. The smallest absolute Gasteiger partial charge is 0.401 e. The first kappa shape index (κ1) is 25.3. The molecule has 0 aromatic heterocycles. The monoisotopic (exact) mass is 548 g/mol. The van der Waals surface area contributed by atoms with E-state index in [0.29, 0.717) is 38.6 Å². The third kappa shape index (κ3) is 8.94. The second-order valence-electron chi connectivity index (χ2n) is 7.32. The molecule has 1 saturated heterocycles. The Hall–Kier alpha value is -2.01. The van der Waals surface area contributed by atoms with E-state index in [1.807, 2.05) is 54.6 Å². The van der Waals surface area contributed by atoms with E-state index >= 15 is 0 Å². The highest BCUT2D eigenvalue weighted by molar-refractivity contribution is 14.0. The highest BCUT2D eigenvalue weighted by atomic mass is 127. The SMILES string of the molecule is CN=C(NCc1ccc(OCc2ccccc2)cc1)NC1CCN(CC(F)(F)F)C1.I. The van der Waals surface area contributed by atoms with Gasteiger partial charge < -0.3 is 15.4 Å². The topological polar surface area (TPSA) is 48.9 Å². The summed E-state index contributed by atoms with van der Waals surface area (Å²) in [7, 11) is 1.65. The summed E-state index contributed by atoms with van der Waals surface area (Å²) in [5.74, 6) is 1.37. The van der Waals surface area contributed by atoms with E-state index in [1.54, 1.807) is 7.05 Å². The minimum atomic E-state index is -4.16. The van der Waals surface area contributed by atoms with Crippen LogP contribution in [0.4, 0.5) is 13.2 Å². The predicted molar refractivity (Wildman–Crippen MR) is 127 cm³/mol. The minimum absolute atomic E-state index is 0. The lowest BCUT2D eigenvalue weighted by Gasteiger charge is -2.20. The van der Waals surface area contributed by atoms with Crippen LogP contribution in [0.1, 0.15) is 17.5 Å². The number of nitrogens with one attached hydrogen (secondary N) is 2. The average molecular weight is 548 g/mol. The first-order valence-electron chi connectivity index (χ1n) is 9.93. The maximum absolute atomic E-state index is 12.5. The molecule has 2 N–H and O–H groups in total. The standard InChI is InChI=1S/C22H27F3N4O.HI/c1-26-21(28-19-11-12-29(14-19)16-22(23,24)25)27-13-17-7-9-20(10-8-17)30-15-18-5-3-2-4-6-18;/h2-10,19H,11-16H2,1H3,(H2,26,27,28);1H. The van der Waals surface area contributed by atoms with Crippen molar-refractivity contribution in [3.8, 4) is 5.75 Å².